The molecule has 4 aliphatic rings. The first kappa shape index (κ1) is 24.0. The maximum atomic E-state index is 14.4. The second-order valence-electron chi connectivity index (χ2n) is 9.52. The minimum atomic E-state index is -0.508. The van der Waals surface area contributed by atoms with Crippen LogP contribution in [0.5, 0.6) is 0 Å². The maximum Gasteiger partial charge on any atom is 0.410 e. The van der Waals surface area contributed by atoms with Gasteiger partial charge >= 0.3 is 6.09 Å². The van der Waals surface area contributed by atoms with Gasteiger partial charge in [0.2, 0.25) is 5.91 Å². The van der Waals surface area contributed by atoms with Crippen LogP contribution < -0.4 is 10.6 Å². The number of nitriles is 1. The summed E-state index contributed by atoms with van der Waals surface area (Å²) < 4.78 is 19.9. The fraction of sp³-hybridized carbons (Fsp3) is 0.417. The van der Waals surface area contributed by atoms with Crippen LogP contribution in [0.15, 0.2) is 22.8 Å². The van der Waals surface area contributed by atoms with Gasteiger partial charge in [0.1, 0.15) is 11.1 Å². The number of benzene rings is 1. The van der Waals surface area contributed by atoms with E-state index in [1.807, 2.05) is 31.7 Å². The summed E-state index contributed by atoms with van der Waals surface area (Å²) in [5.74, 6) is 0.0786. The van der Waals surface area contributed by atoms with Crippen LogP contribution in [-0.4, -0.2) is 46.6 Å². The first-order valence-corrected chi connectivity index (χ1v) is 11.8. The molecule has 0 spiro atoms. The zero-order valence-electron chi connectivity index (χ0n) is 19.1. The molecule has 3 aliphatic heterocycles. The number of hydrogen-bond acceptors (Lipinski definition) is 6. The van der Waals surface area contributed by atoms with E-state index in [2.05, 4.69) is 31.5 Å². The van der Waals surface area contributed by atoms with Crippen molar-refractivity contribution < 1.29 is 18.7 Å². The Morgan fingerprint density at radius 3 is 2.76 bits per heavy atom. The van der Waals surface area contributed by atoms with E-state index in [1.165, 1.54) is 31.2 Å². The van der Waals surface area contributed by atoms with E-state index >= 15 is 0 Å². The molecule has 2 N–H and O–H groups in total. The predicted molar refractivity (Wildman–Crippen MR) is 131 cm³/mol. The number of nitrogens with one attached hydrogen (secondary N) is 2. The monoisotopic (exact) mass is 529 g/mol. The summed E-state index contributed by atoms with van der Waals surface area (Å²) in [7, 11) is 0. The van der Waals surface area contributed by atoms with Gasteiger partial charge in [0.15, 0.2) is 5.82 Å². The van der Waals surface area contributed by atoms with E-state index in [-0.39, 0.29) is 34.1 Å². The zero-order valence-corrected chi connectivity index (χ0v) is 20.7. The van der Waals surface area contributed by atoms with Crippen LogP contribution in [0.2, 0.25) is 0 Å². The molecule has 10 heteroatoms. The third-order valence-corrected chi connectivity index (χ3v) is 6.65. The van der Waals surface area contributed by atoms with E-state index in [0.29, 0.717) is 28.4 Å². The van der Waals surface area contributed by atoms with Crippen LogP contribution >= 0.6 is 15.9 Å². The van der Waals surface area contributed by atoms with E-state index in [0.717, 1.165) is 12.5 Å². The van der Waals surface area contributed by atoms with Gasteiger partial charge in [0.05, 0.1) is 34.7 Å². The van der Waals surface area contributed by atoms with Crippen LogP contribution in [0.25, 0.3) is 17.0 Å². The van der Waals surface area contributed by atoms with E-state index in [1.54, 1.807) is 6.07 Å². The summed E-state index contributed by atoms with van der Waals surface area (Å²) in [6.45, 7) is 6.76. The van der Waals surface area contributed by atoms with Gasteiger partial charge in [-0.3, -0.25) is 9.78 Å². The van der Waals surface area contributed by atoms with Crippen molar-refractivity contribution in [3.8, 4) is 6.07 Å². The van der Waals surface area contributed by atoms with Gasteiger partial charge in [0.25, 0.3) is 0 Å². The lowest BCUT2D eigenvalue weighted by molar-refractivity contribution is -0.114. The lowest BCUT2D eigenvalue weighted by atomic mass is 9.86. The quantitative estimate of drug-likeness (QED) is 0.500. The third-order valence-electron chi connectivity index (χ3n) is 5.84. The molecule has 1 aliphatic carbocycles. The summed E-state index contributed by atoms with van der Waals surface area (Å²) in [5, 5.41) is 14.8. The number of amides is 2. The summed E-state index contributed by atoms with van der Waals surface area (Å²) in [4.78, 5) is 28.9. The molecular formula is C24H25BrFN5O3. The number of pyridine rings is 1. The highest BCUT2D eigenvalue weighted by atomic mass is 79.9. The number of hydrogen-bond donors (Lipinski definition) is 2. The molecular weight excluding hydrogens is 505 g/mol. The Hall–Kier alpha value is -3.19. The SMILES string of the molecule is CC(C)(C)OC(=O)N1CC2CC1C2.N#C/C=C\c1cc2c3c(cnc2c(F)c1Br)NC(=O)CN3. The van der Waals surface area contributed by atoms with Crippen molar-refractivity contribution in [2.24, 2.45) is 5.92 Å². The smallest absolute Gasteiger partial charge is 0.410 e. The Morgan fingerprint density at radius 1 is 1.41 bits per heavy atom. The second kappa shape index (κ2) is 9.22. The number of rotatable bonds is 1. The lowest BCUT2D eigenvalue weighted by Gasteiger charge is -2.28. The highest BCUT2D eigenvalue weighted by Gasteiger charge is 2.46. The number of aromatic nitrogens is 1. The molecule has 1 saturated carbocycles. The van der Waals surface area contributed by atoms with Crippen LogP contribution in [0.4, 0.5) is 20.6 Å². The molecule has 2 saturated heterocycles. The predicted octanol–water partition coefficient (Wildman–Crippen LogP) is 5.05. The van der Waals surface area contributed by atoms with Crippen molar-refractivity contribution in [2.45, 2.75) is 45.3 Å². The number of ether oxygens (including phenoxy) is 1. The number of anilines is 2. The normalized spacial score (nSPS) is 20.5. The Morgan fingerprint density at radius 2 is 2.15 bits per heavy atom. The summed E-state index contributed by atoms with van der Waals surface area (Å²) >= 11 is 3.17. The maximum absolute atomic E-state index is 14.4. The van der Waals surface area contributed by atoms with Gasteiger partial charge < -0.3 is 20.3 Å². The van der Waals surface area contributed by atoms with E-state index in [4.69, 9.17) is 10.00 Å². The Bertz CT molecular complexity index is 1230. The molecule has 0 radical (unpaired) electrons. The standard InChI is InChI=1S/C14H8BrFN4O.C10H17NO2/c15-11-7(2-1-3-17)4-8-13-9(20-10(21)6-19-13)5-18-14(8)12(11)16;1-10(2,3)13-9(12)11-6-7-4-8(11)5-7/h1-2,4-5,19H,6H2,(H,20,21);7-8H,4-6H2,1-3H3/b2-1-;. The number of fused-ring (bicyclic) bond motifs is 4. The van der Waals surface area contributed by atoms with Crippen molar-refractivity contribution in [1.82, 2.24) is 9.88 Å². The minimum Gasteiger partial charge on any atom is -0.444 e. The number of nitrogens with zero attached hydrogens (tertiary/aromatic N) is 3. The average Bonchev–Trinajstić information content (AvgIpc) is 3.36. The van der Waals surface area contributed by atoms with Crippen LogP contribution in [0, 0.1) is 23.1 Å². The highest BCUT2D eigenvalue weighted by Crippen LogP contribution is 2.41. The molecule has 4 heterocycles. The molecule has 2 amide bonds. The highest BCUT2D eigenvalue weighted by molar-refractivity contribution is 9.10. The molecule has 34 heavy (non-hydrogen) atoms. The zero-order chi connectivity index (χ0) is 24.6. The number of halogens is 2. The summed E-state index contributed by atoms with van der Waals surface area (Å²) in [6, 6.07) is 4.07. The number of carbonyl (C=O) groups excluding carboxylic acids is 2. The molecule has 2 aromatic rings. The van der Waals surface area contributed by atoms with Crippen LogP contribution in [-0.2, 0) is 9.53 Å². The topological polar surface area (TPSA) is 107 Å². The van der Waals surface area contributed by atoms with Gasteiger partial charge in [-0.15, -0.1) is 0 Å². The molecule has 3 fully saturated rings. The van der Waals surface area contributed by atoms with Crippen molar-refractivity contribution in [3.63, 3.8) is 0 Å². The minimum absolute atomic E-state index is 0.118. The van der Waals surface area contributed by atoms with Crippen LogP contribution in [0.3, 0.4) is 0 Å². The van der Waals surface area contributed by atoms with Crippen LogP contribution in [0.1, 0.15) is 39.2 Å². The van der Waals surface area contributed by atoms with Gasteiger partial charge in [-0.2, -0.15) is 5.26 Å². The van der Waals surface area contributed by atoms with Crippen molar-refractivity contribution in [3.05, 3.63) is 34.2 Å². The molecule has 6 rings (SSSR count). The molecule has 8 nitrogen and oxygen atoms in total. The number of allylic oxidation sites excluding steroid dienone is 1. The summed E-state index contributed by atoms with van der Waals surface area (Å²) in [6.07, 6.45) is 6.45. The van der Waals surface area contributed by atoms with E-state index in [9.17, 15) is 14.0 Å². The van der Waals surface area contributed by atoms with E-state index < -0.39 is 5.82 Å². The molecule has 2 bridgehead atoms. The van der Waals surface area contributed by atoms with Crippen molar-refractivity contribution in [1.29, 1.82) is 5.26 Å². The lowest BCUT2D eigenvalue weighted by Crippen LogP contribution is -2.38. The fourth-order valence-corrected chi connectivity index (χ4v) is 4.70. The first-order valence-electron chi connectivity index (χ1n) is 11.0. The average molecular weight is 530 g/mol. The Kier molecular flexibility index (Phi) is 6.49. The van der Waals surface area contributed by atoms with Crippen molar-refractivity contribution in [2.75, 3.05) is 23.7 Å². The molecule has 0 unspecified atom stereocenters. The molecule has 0 atom stereocenters. The summed E-state index contributed by atoms with van der Waals surface area (Å²) in [5.41, 5.74) is 1.49. The van der Waals surface area contributed by atoms with Gasteiger partial charge in [0, 0.05) is 24.0 Å². The fourth-order valence-electron chi connectivity index (χ4n) is 4.26. The van der Waals surface area contributed by atoms with Gasteiger partial charge in [-0.1, -0.05) is 0 Å². The Labute approximate surface area is 205 Å². The second-order valence-corrected chi connectivity index (χ2v) is 10.3. The van der Waals surface area contributed by atoms with Crippen molar-refractivity contribution >= 4 is 56.3 Å². The largest absolute Gasteiger partial charge is 0.444 e. The molecule has 178 valence electrons. The molecule has 1 aromatic heterocycles. The Balaban J connectivity index is 0.000000180. The van der Waals surface area contributed by atoms with Gasteiger partial charge in [-0.25, -0.2) is 9.18 Å². The molecule has 1 aromatic carbocycles. The number of carbonyl (C=O) groups is 2. The first-order chi connectivity index (χ1) is 16.1. The third kappa shape index (κ3) is 4.85. The van der Waals surface area contributed by atoms with Gasteiger partial charge in [-0.05, 0) is 73.2 Å².